The number of nitrogens with one attached hydrogen (secondary N) is 2. The van der Waals surface area contributed by atoms with Gasteiger partial charge in [-0.1, -0.05) is 6.92 Å². The van der Waals surface area contributed by atoms with Crippen molar-refractivity contribution in [2.75, 3.05) is 19.7 Å². The van der Waals surface area contributed by atoms with Crippen LogP contribution in [0.2, 0.25) is 0 Å². The highest BCUT2D eigenvalue weighted by Gasteiger charge is 2.15. The summed E-state index contributed by atoms with van der Waals surface area (Å²) in [5.41, 5.74) is 0. The van der Waals surface area contributed by atoms with Gasteiger partial charge in [0.25, 0.3) is 0 Å². The molecule has 4 nitrogen and oxygen atoms in total. The van der Waals surface area contributed by atoms with Crippen LogP contribution in [-0.4, -0.2) is 36.8 Å². The number of carbonyl (C=O) groups is 1. The van der Waals surface area contributed by atoms with Gasteiger partial charge < -0.3 is 15.7 Å². The van der Waals surface area contributed by atoms with Crippen molar-refractivity contribution in [3.8, 4) is 0 Å². The Bertz CT molecular complexity index is 215. The van der Waals surface area contributed by atoms with Gasteiger partial charge in [0, 0.05) is 19.1 Å². The molecule has 1 fully saturated rings. The molecule has 2 atom stereocenters. The van der Waals surface area contributed by atoms with Gasteiger partial charge >= 0.3 is 0 Å². The van der Waals surface area contributed by atoms with Crippen LogP contribution in [-0.2, 0) is 4.79 Å². The molecule has 1 amide bonds. The number of aliphatic hydroxyl groups is 1. The molecule has 0 aromatic carbocycles. The first-order valence-electron chi connectivity index (χ1n) is 6.87. The first-order chi connectivity index (χ1) is 8.26. The smallest absolute Gasteiger partial charge is 0.220 e. The van der Waals surface area contributed by atoms with Gasteiger partial charge in [0.05, 0.1) is 0 Å². The molecule has 1 aliphatic heterocycles. The highest BCUT2D eigenvalue weighted by molar-refractivity contribution is 5.76. The fourth-order valence-corrected chi connectivity index (χ4v) is 2.34. The molecule has 1 rings (SSSR count). The molecule has 100 valence electrons. The van der Waals surface area contributed by atoms with Crippen LogP contribution in [0, 0.1) is 5.92 Å². The normalized spacial score (nSPS) is 22.1. The lowest BCUT2D eigenvalue weighted by atomic mass is 9.94. The molecule has 17 heavy (non-hydrogen) atoms. The van der Waals surface area contributed by atoms with E-state index in [0.717, 1.165) is 25.9 Å². The number of aliphatic hydroxyl groups excluding tert-OH is 1. The van der Waals surface area contributed by atoms with Gasteiger partial charge in [0.2, 0.25) is 5.91 Å². The average molecular weight is 242 g/mol. The van der Waals surface area contributed by atoms with Crippen molar-refractivity contribution in [1.82, 2.24) is 10.6 Å². The number of piperidine rings is 1. The molecule has 0 saturated carbocycles. The second kappa shape index (κ2) is 8.48. The van der Waals surface area contributed by atoms with Gasteiger partial charge in [-0.3, -0.25) is 4.79 Å². The van der Waals surface area contributed by atoms with Crippen molar-refractivity contribution < 1.29 is 9.90 Å². The van der Waals surface area contributed by atoms with E-state index in [-0.39, 0.29) is 18.6 Å². The molecule has 4 heteroatoms. The van der Waals surface area contributed by atoms with Crippen molar-refractivity contribution in [1.29, 1.82) is 0 Å². The number of amides is 1. The number of hydrogen-bond donors (Lipinski definition) is 3. The zero-order valence-electron chi connectivity index (χ0n) is 10.9. The van der Waals surface area contributed by atoms with Crippen LogP contribution in [0.1, 0.15) is 45.4 Å². The second-order valence-electron chi connectivity index (χ2n) is 4.94. The molecule has 0 radical (unpaired) electrons. The molecule has 0 bridgehead atoms. The average Bonchev–Trinajstić information content (AvgIpc) is 2.37. The predicted octanol–water partition coefficient (Wildman–Crippen LogP) is 1.04. The van der Waals surface area contributed by atoms with Crippen molar-refractivity contribution in [2.24, 2.45) is 5.92 Å². The summed E-state index contributed by atoms with van der Waals surface area (Å²) in [6, 6.07) is 0.136. The largest absolute Gasteiger partial charge is 0.396 e. The highest BCUT2D eigenvalue weighted by atomic mass is 16.3. The third-order valence-electron chi connectivity index (χ3n) is 3.51. The van der Waals surface area contributed by atoms with Gasteiger partial charge in [-0.2, -0.15) is 0 Å². The molecule has 1 aliphatic rings. The second-order valence-corrected chi connectivity index (χ2v) is 4.94. The van der Waals surface area contributed by atoms with E-state index in [4.69, 9.17) is 5.11 Å². The summed E-state index contributed by atoms with van der Waals surface area (Å²) >= 11 is 0. The molecule has 3 N–H and O–H groups in total. The van der Waals surface area contributed by atoms with E-state index in [1.807, 2.05) is 6.92 Å². The summed E-state index contributed by atoms with van der Waals surface area (Å²) in [6.45, 7) is 4.36. The molecule has 0 aromatic rings. The van der Waals surface area contributed by atoms with E-state index in [1.54, 1.807) is 0 Å². The Morgan fingerprint density at radius 2 is 2.41 bits per heavy atom. The summed E-state index contributed by atoms with van der Waals surface area (Å²) in [6.07, 6.45) is 5.62. The summed E-state index contributed by atoms with van der Waals surface area (Å²) in [5, 5.41) is 15.2. The standard InChI is InChI=1S/C13H26N2O2/c1-2-12(7-9-16)15-13(17)6-5-11-4-3-8-14-10-11/h11-12,14,16H,2-10H2,1H3,(H,15,17). The Morgan fingerprint density at radius 1 is 1.59 bits per heavy atom. The Morgan fingerprint density at radius 3 is 3.00 bits per heavy atom. The maximum absolute atomic E-state index is 11.7. The molecule has 0 spiro atoms. The lowest BCUT2D eigenvalue weighted by Gasteiger charge is -2.23. The van der Waals surface area contributed by atoms with E-state index >= 15 is 0 Å². The molecule has 0 aliphatic carbocycles. The summed E-state index contributed by atoms with van der Waals surface area (Å²) in [4.78, 5) is 11.7. The fourth-order valence-electron chi connectivity index (χ4n) is 2.34. The van der Waals surface area contributed by atoms with Gasteiger partial charge in [-0.05, 0) is 51.1 Å². The molecule has 0 aromatic heterocycles. The minimum atomic E-state index is 0.135. The molecular weight excluding hydrogens is 216 g/mol. The highest BCUT2D eigenvalue weighted by Crippen LogP contribution is 2.15. The van der Waals surface area contributed by atoms with Crippen molar-refractivity contribution in [3.05, 3.63) is 0 Å². The number of rotatable bonds is 7. The monoisotopic (exact) mass is 242 g/mol. The Kier molecular flexibility index (Phi) is 7.21. The topological polar surface area (TPSA) is 61.4 Å². The van der Waals surface area contributed by atoms with Crippen LogP contribution in [0.5, 0.6) is 0 Å². The minimum Gasteiger partial charge on any atom is -0.396 e. The van der Waals surface area contributed by atoms with E-state index < -0.39 is 0 Å². The van der Waals surface area contributed by atoms with Crippen LogP contribution in [0.4, 0.5) is 0 Å². The first kappa shape index (κ1) is 14.5. The van der Waals surface area contributed by atoms with E-state index in [9.17, 15) is 4.79 Å². The lowest BCUT2D eigenvalue weighted by molar-refractivity contribution is -0.122. The third kappa shape index (κ3) is 6.03. The van der Waals surface area contributed by atoms with Crippen LogP contribution in [0.25, 0.3) is 0 Å². The maximum Gasteiger partial charge on any atom is 0.220 e. The van der Waals surface area contributed by atoms with E-state index in [0.29, 0.717) is 18.8 Å². The third-order valence-corrected chi connectivity index (χ3v) is 3.51. The van der Waals surface area contributed by atoms with Crippen molar-refractivity contribution in [2.45, 2.75) is 51.5 Å². The van der Waals surface area contributed by atoms with Crippen molar-refractivity contribution >= 4 is 5.91 Å². The van der Waals surface area contributed by atoms with Crippen LogP contribution in [0.15, 0.2) is 0 Å². The molecular formula is C13H26N2O2. The number of carbonyl (C=O) groups excluding carboxylic acids is 1. The zero-order chi connectivity index (χ0) is 12.5. The summed E-state index contributed by atoms with van der Waals surface area (Å²) < 4.78 is 0. The zero-order valence-corrected chi connectivity index (χ0v) is 10.9. The van der Waals surface area contributed by atoms with Gasteiger partial charge in [0.1, 0.15) is 0 Å². The SMILES string of the molecule is CCC(CCO)NC(=O)CCC1CCCNC1. The summed E-state index contributed by atoms with van der Waals surface area (Å²) in [7, 11) is 0. The van der Waals surface area contributed by atoms with E-state index in [2.05, 4.69) is 10.6 Å². The predicted molar refractivity (Wildman–Crippen MR) is 68.8 cm³/mol. The van der Waals surface area contributed by atoms with Gasteiger partial charge in [0.15, 0.2) is 0 Å². The first-order valence-corrected chi connectivity index (χ1v) is 6.87. The lowest BCUT2D eigenvalue weighted by Crippen LogP contribution is -2.36. The quantitative estimate of drug-likeness (QED) is 0.625. The number of hydrogen-bond acceptors (Lipinski definition) is 3. The molecule has 1 heterocycles. The fraction of sp³-hybridized carbons (Fsp3) is 0.923. The van der Waals surface area contributed by atoms with Gasteiger partial charge in [-0.15, -0.1) is 0 Å². The molecule has 1 saturated heterocycles. The Labute approximate surface area is 104 Å². The van der Waals surface area contributed by atoms with Crippen LogP contribution in [0.3, 0.4) is 0 Å². The van der Waals surface area contributed by atoms with E-state index in [1.165, 1.54) is 12.8 Å². The molecule has 2 unspecified atom stereocenters. The van der Waals surface area contributed by atoms with Crippen LogP contribution >= 0.6 is 0 Å². The maximum atomic E-state index is 11.7. The van der Waals surface area contributed by atoms with Gasteiger partial charge in [-0.25, -0.2) is 0 Å². The summed E-state index contributed by atoms with van der Waals surface area (Å²) in [5.74, 6) is 0.795. The van der Waals surface area contributed by atoms with Crippen molar-refractivity contribution in [3.63, 3.8) is 0 Å². The Hall–Kier alpha value is -0.610. The van der Waals surface area contributed by atoms with Crippen LogP contribution < -0.4 is 10.6 Å². The minimum absolute atomic E-state index is 0.135. The Balaban J connectivity index is 2.14.